The SMILES string of the molecule is CC1=CC(=C2C(=O)c3ccccc3C2=O)C=CN1CCCCC(=O)c1ccc(F)cc1. The Kier molecular flexibility index (Phi) is 5.76. The van der Waals surface area contributed by atoms with E-state index in [0.29, 0.717) is 35.1 Å². The molecule has 0 aromatic heterocycles. The van der Waals surface area contributed by atoms with E-state index in [0.717, 1.165) is 18.7 Å². The van der Waals surface area contributed by atoms with Crippen LogP contribution in [0.5, 0.6) is 0 Å². The summed E-state index contributed by atoms with van der Waals surface area (Å²) in [5, 5.41) is 0. The van der Waals surface area contributed by atoms with Gasteiger partial charge in [-0.25, -0.2) is 4.39 Å². The van der Waals surface area contributed by atoms with Crippen molar-refractivity contribution in [3.63, 3.8) is 0 Å². The van der Waals surface area contributed by atoms with E-state index in [1.165, 1.54) is 24.3 Å². The third-order valence-corrected chi connectivity index (χ3v) is 5.63. The molecule has 1 aliphatic carbocycles. The van der Waals surface area contributed by atoms with Crippen LogP contribution in [-0.4, -0.2) is 28.8 Å². The van der Waals surface area contributed by atoms with E-state index in [1.54, 1.807) is 30.3 Å². The second-order valence-electron chi connectivity index (χ2n) is 7.72. The number of nitrogens with zero attached hydrogens (tertiary/aromatic N) is 1. The topological polar surface area (TPSA) is 54.5 Å². The molecular formula is C26H22FNO3. The van der Waals surface area contributed by atoms with Crippen molar-refractivity contribution in [2.45, 2.75) is 26.2 Å². The third kappa shape index (κ3) is 4.17. The highest BCUT2D eigenvalue weighted by Gasteiger charge is 2.34. The number of benzene rings is 2. The molecule has 156 valence electrons. The number of Topliss-reactive ketones (excluding diaryl/α,β-unsaturated/α-hetero) is 3. The van der Waals surface area contributed by atoms with Gasteiger partial charge in [0.15, 0.2) is 17.3 Å². The predicted molar refractivity (Wildman–Crippen MR) is 116 cm³/mol. The van der Waals surface area contributed by atoms with Crippen LogP contribution in [0.4, 0.5) is 4.39 Å². The highest BCUT2D eigenvalue weighted by atomic mass is 19.1. The van der Waals surface area contributed by atoms with E-state index >= 15 is 0 Å². The third-order valence-electron chi connectivity index (χ3n) is 5.63. The van der Waals surface area contributed by atoms with Crippen LogP contribution in [0.15, 0.2) is 83.7 Å². The number of halogens is 1. The monoisotopic (exact) mass is 415 g/mol. The average molecular weight is 415 g/mol. The molecule has 0 saturated heterocycles. The lowest BCUT2D eigenvalue weighted by atomic mass is 10.0. The Morgan fingerprint density at radius 3 is 2.19 bits per heavy atom. The second kappa shape index (κ2) is 8.64. The van der Waals surface area contributed by atoms with Crippen molar-refractivity contribution in [1.82, 2.24) is 4.90 Å². The van der Waals surface area contributed by atoms with Crippen LogP contribution in [-0.2, 0) is 0 Å². The van der Waals surface area contributed by atoms with Gasteiger partial charge in [-0.05, 0) is 61.8 Å². The van der Waals surface area contributed by atoms with Crippen LogP contribution in [0, 0.1) is 5.82 Å². The normalized spacial score (nSPS) is 15.4. The first kappa shape index (κ1) is 20.7. The minimum Gasteiger partial charge on any atom is -0.352 e. The minimum atomic E-state index is -0.352. The van der Waals surface area contributed by atoms with Gasteiger partial charge in [0.25, 0.3) is 0 Å². The Morgan fingerprint density at radius 2 is 1.58 bits per heavy atom. The first-order chi connectivity index (χ1) is 15.0. The van der Waals surface area contributed by atoms with Gasteiger partial charge in [0, 0.05) is 41.6 Å². The van der Waals surface area contributed by atoms with Crippen LogP contribution < -0.4 is 0 Å². The van der Waals surface area contributed by atoms with Crippen LogP contribution in [0.3, 0.4) is 0 Å². The Bertz CT molecular complexity index is 1120. The minimum absolute atomic E-state index is 0.00583. The number of unbranched alkanes of at least 4 members (excludes halogenated alkanes) is 1. The molecule has 0 saturated carbocycles. The van der Waals surface area contributed by atoms with Gasteiger partial charge in [0.05, 0.1) is 5.57 Å². The summed E-state index contributed by atoms with van der Waals surface area (Å²) >= 11 is 0. The van der Waals surface area contributed by atoms with Gasteiger partial charge in [-0.1, -0.05) is 24.3 Å². The molecule has 0 atom stereocenters. The molecule has 2 aromatic carbocycles. The van der Waals surface area contributed by atoms with Gasteiger partial charge in [-0.15, -0.1) is 0 Å². The molecular weight excluding hydrogens is 393 g/mol. The second-order valence-corrected chi connectivity index (χ2v) is 7.72. The molecule has 31 heavy (non-hydrogen) atoms. The maximum atomic E-state index is 13.0. The van der Waals surface area contributed by atoms with E-state index in [2.05, 4.69) is 0 Å². The first-order valence-corrected chi connectivity index (χ1v) is 10.3. The summed E-state index contributed by atoms with van der Waals surface area (Å²) in [5.41, 5.74) is 3.24. The summed E-state index contributed by atoms with van der Waals surface area (Å²) in [7, 11) is 0. The summed E-state index contributed by atoms with van der Waals surface area (Å²) in [6, 6.07) is 12.5. The van der Waals surface area contributed by atoms with Crippen molar-refractivity contribution in [1.29, 1.82) is 0 Å². The quantitative estimate of drug-likeness (QED) is 0.279. The summed E-state index contributed by atoms with van der Waals surface area (Å²) in [5.74, 6) is -0.796. The van der Waals surface area contributed by atoms with E-state index in [1.807, 2.05) is 24.1 Å². The molecule has 0 N–H and O–H groups in total. The number of fused-ring (bicyclic) bond motifs is 1. The van der Waals surface area contributed by atoms with Crippen molar-refractivity contribution in [3.8, 4) is 0 Å². The summed E-state index contributed by atoms with van der Waals surface area (Å²) in [6.07, 6.45) is 7.46. The van der Waals surface area contributed by atoms with E-state index in [4.69, 9.17) is 0 Å². The fourth-order valence-electron chi connectivity index (χ4n) is 3.91. The highest BCUT2D eigenvalue weighted by molar-refractivity contribution is 6.40. The number of allylic oxidation sites excluding steroid dienone is 5. The number of rotatable bonds is 6. The fourth-order valence-corrected chi connectivity index (χ4v) is 3.91. The van der Waals surface area contributed by atoms with Gasteiger partial charge < -0.3 is 4.90 Å². The van der Waals surface area contributed by atoms with Crippen LogP contribution >= 0.6 is 0 Å². The molecule has 2 aliphatic rings. The Hall–Kier alpha value is -3.60. The highest BCUT2D eigenvalue weighted by Crippen LogP contribution is 2.31. The molecule has 4 rings (SSSR count). The van der Waals surface area contributed by atoms with Crippen LogP contribution in [0.1, 0.15) is 57.3 Å². The van der Waals surface area contributed by atoms with Crippen LogP contribution in [0.25, 0.3) is 0 Å². The number of ketones is 3. The first-order valence-electron chi connectivity index (χ1n) is 10.3. The number of carbonyl (C=O) groups is 3. The zero-order valence-corrected chi connectivity index (χ0v) is 17.2. The van der Waals surface area contributed by atoms with Gasteiger partial charge in [0.1, 0.15) is 5.82 Å². The molecule has 0 radical (unpaired) electrons. The fraction of sp³-hybridized carbons (Fsp3) is 0.192. The standard InChI is InChI=1S/C26H22FNO3/c1-17-16-19(24-25(30)21-6-2-3-7-22(21)26(24)31)13-15-28(17)14-5-4-8-23(29)18-9-11-20(27)12-10-18/h2-3,6-7,9-13,15-16H,4-5,8,14H2,1H3. The van der Waals surface area contributed by atoms with Crippen LogP contribution in [0.2, 0.25) is 0 Å². The average Bonchev–Trinajstić information content (AvgIpc) is 3.03. The largest absolute Gasteiger partial charge is 0.352 e. The van der Waals surface area contributed by atoms with Crippen molar-refractivity contribution < 1.29 is 18.8 Å². The number of hydrogen-bond donors (Lipinski definition) is 0. The zero-order valence-electron chi connectivity index (χ0n) is 17.2. The number of carbonyl (C=O) groups excluding carboxylic acids is 3. The van der Waals surface area contributed by atoms with E-state index < -0.39 is 0 Å². The summed E-state index contributed by atoms with van der Waals surface area (Å²) in [6.45, 7) is 2.66. The summed E-state index contributed by atoms with van der Waals surface area (Å²) in [4.78, 5) is 39.6. The predicted octanol–water partition coefficient (Wildman–Crippen LogP) is 5.29. The van der Waals surface area contributed by atoms with Gasteiger partial charge >= 0.3 is 0 Å². The van der Waals surface area contributed by atoms with Crippen molar-refractivity contribution in [3.05, 3.63) is 106 Å². The molecule has 4 nitrogen and oxygen atoms in total. The molecule has 0 amide bonds. The molecule has 5 heteroatoms. The van der Waals surface area contributed by atoms with Gasteiger partial charge in [-0.2, -0.15) is 0 Å². The molecule has 0 bridgehead atoms. The zero-order chi connectivity index (χ0) is 22.0. The molecule has 1 aliphatic heterocycles. The molecule has 1 heterocycles. The van der Waals surface area contributed by atoms with Crippen molar-refractivity contribution >= 4 is 17.3 Å². The molecule has 0 spiro atoms. The Labute approximate surface area is 180 Å². The lowest BCUT2D eigenvalue weighted by molar-refractivity contribution is 0.0971. The summed E-state index contributed by atoms with van der Waals surface area (Å²) < 4.78 is 13.0. The molecule has 0 unspecified atom stereocenters. The Morgan fingerprint density at radius 1 is 0.935 bits per heavy atom. The maximum Gasteiger partial charge on any atom is 0.198 e. The molecule has 0 fully saturated rings. The maximum absolute atomic E-state index is 13.0. The molecule has 2 aromatic rings. The van der Waals surface area contributed by atoms with Gasteiger partial charge in [0.2, 0.25) is 0 Å². The van der Waals surface area contributed by atoms with Crippen molar-refractivity contribution in [2.75, 3.05) is 6.54 Å². The number of hydrogen-bond acceptors (Lipinski definition) is 4. The lowest BCUT2D eigenvalue weighted by Crippen LogP contribution is -2.20. The van der Waals surface area contributed by atoms with Crippen molar-refractivity contribution in [2.24, 2.45) is 0 Å². The lowest BCUT2D eigenvalue weighted by Gasteiger charge is -2.25. The van der Waals surface area contributed by atoms with E-state index in [9.17, 15) is 18.8 Å². The van der Waals surface area contributed by atoms with Gasteiger partial charge in [-0.3, -0.25) is 14.4 Å². The Balaban J connectivity index is 1.36. The smallest absolute Gasteiger partial charge is 0.198 e. The van der Waals surface area contributed by atoms with E-state index in [-0.39, 0.29) is 28.7 Å².